The number of carbonyl (C=O) groups excluding carboxylic acids is 1. The monoisotopic (exact) mass is 259 g/mol. The van der Waals surface area contributed by atoms with E-state index in [1.54, 1.807) is 18.2 Å². The fourth-order valence-electron chi connectivity index (χ4n) is 1.29. The summed E-state index contributed by atoms with van der Waals surface area (Å²) in [6.07, 6.45) is 1.28. The smallest absolute Gasteiger partial charge is 0.263 e. The van der Waals surface area contributed by atoms with E-state index in [9.17, 15) is 9.90 Å². The quantitative estimate of drug-likeness (QED) is 0.429. The Hall–Kier alpha value is -2.48. The normalized spacial score (nSPS) is 10.9. The number of nitrogens with zero attached hydrogens (tertiary/aromatic N) is 1. The number of carbonyl (C=O) groups is 1. The van der Waals surface area contributed by atoms with Crippen molar-refractivity contribution in [3.05, 3.63) is 36.0 Å². The Morgan fingerprint density at radius 1 is 1.47 bits per heavy atom. The summed E-state index contributed by atoms with van der Waals surface area (Å²) in [6, 6.07) is 8.40. The van der Waals surface area contributed by atoms with Gasteiger partial charge < -0.3 is 15.7 Å². The molecule has 0 heterocycles. The van der Waals surface area contributed by atoms with E-state index in [1.165, 1.54) is 12.3 Å². The summed E-state index contributed by atoms with van der Waals surface area (Å²) in [4.78, 5) is 11.7. The second-order valence-electron chi connectivity index (χ2n) is 4.44. The summed E-state index contributed by atoms with van der Waals surface area (Å²) in [6.45, 7) is 4.45. The van der Waals surface area contributed by atoms with Gasteiger partial charge in [0.2, 0.25) is 0 Å². The average molecular weight is 259 g/mol. The van der Waals surface area contributed by atoms with Gasteiger partial charge in [0, 0.05) is 12.7 Å². The molecule has 0 bridgehead atoms. The number of nitriles is 1. The maximum atomic E-state index is 11.7. The fraction of sp³-hybridized carbons (Fsp3) is 0.286. The van der Waals surface area contributed by atoms with Crippen LogP contribution in [0.4, 0.5) is 5.69 Å². The van der Waals surface area contributed by atoms with Crippen molar-refractivity contribution >= 4 is 11.6 Å². The minimum absolute atomic E-state index is 0.0381. The van der Waals surface area contributed by atoms with Crippen LogP contribution in [0, 0.1) is 17.2 Å². The maximum Gasteiger partial charge on any atom is 0.263 e. The van der Waals surface area contributed by atoms with Gasteiger partial charge in [0.15, 0.2) is 0 Å². The SMILES string of the molecule is CC(C)CNC(=O)/C(C#N)=C\Nc1ccccc1O. The molecule has 0 saturated carbocycles. The van der Waals surface area contributed by atoms with E-state index in [2.05, 4.69) is 10.6 Å². The van der Waals surface area contributed by atoms with Crippen molar-refractivity contribution in [1.29, 1.82) is 5.26 Å². The van der Waals surface area contributed by atoms with Crippen LogP contribution in [0.25, 0.3) is 0 Å². The molecule has 19 heavy (non-hydrogen) atoms. The van der Waals surface area contributed by atoms with E-state index >= 15 is 0 Å². The molecule has 0 aromatic heterocycles. The van der Waals surface area contributed by atoms with Crippen LogP contribution in [0.5, 0.6) is 5.75 Å². The molecule has 1 rings (SSSR count). The number of phenolic OH excluding ortho intramolecular Hbond substituents is 1. The van der Waals surface area contributed by atoms with Gasteiger partial charge in [0.25, 0.3) is 5.91 Å². The standard InChI is InChI=1S/C14H17N3O2/c1-10(2)8-17-14(19)11(7-15)9-16-12-5-3-4-6-13(12)18/h3-6,9-10,16,18H,8H2,1-2H3,(H,17,19)/b11-9-. The topological polar surface area (TPSA) is 85.2 Å². The molecule has 1 aromatic rings. The summed E-state index contributed by atoms with van der Waals surface area (Å²) < 4.78 is 0. The van der Waals surface area contributed by atoms with Crippen molar-refractivity contribution in [3.8, 4) is 11.8 Å². The van der Waals surface area contributed by atoms with Gasteiger partial charge >= 0.3 is 0 Å². The lowest BCUT2D eigenvalue weighted by molar-refractivity contribution is -0.117. The number of nitrogens with one attached hydrogen (secondary N) is 2. The number of amides is 1. The molecule has 0 atom stereocenters. The molecule has 0 unspecified atom stereocenters. The zero-order valence-corrected chi connectivity index (χ0v) is 11.0. The number of rotatable bonds is 5. The molecule has 0 spiro atoms. The zero-order valence-electron chi connectivity index (χ0n) is 11.0. The van der Waals surface area contributed by atoms with Crippen molar-refractivity contribution in [2.75, 3.05) is 11.9 Å². The van der Waals surface area contributed by atoms with Crippen LogP contribution in [0.1, 0.15) is 13.8 Å². The summed E-state index contributed by atoms with van der Waals surface area (Å²) in [5, 5.41) is 23.9. The Balaban J connectivity index is 2.70. The van der Waals surface area contributed by atoms with Gasteiger partial charge in [-0.25, -0.2) is 0 Å². The fourth-order valence-corrected chi connectivity index (χ4v) is 1.29. The second-order valence-corrected chi connectivity index (χ2v) is 4.44. The summed E-state index contributed by atoms with van der Waals surface area (Å²) >= 11 is 0. The van der Waals surface area contributed by atoms with E-state index in [4.69, 9.17) is 5.26 Å². The molecule has 0 radical (unpaired) electrons. The Labute approximate surface area is 112 Å². The third-order valence-electron chi connectivity index (χ3n) is 2.31. The zero-order chi connectivity index (χ0) is 14.3. The molecule has 1 aromatic carbocycles. The molecule has 1 amide bonds. The number of phenols is 1. The molecule has 0 aliphatic heterocycles. The predicted octanol–water partition coefficient (Wildman–Crippen LogP) is 1.98. The van der Waals surface area contributed by atoms with E-state index in [0.29, 0.717) is 18.2 Å². The van der Waals surface area contributed by atoms with Gasteiger partial charge in [-0.1, -0.05) is 26.0 Å². The van der Waals surface area contributed by atoms with Crippen LogP contribution in [0.2, 0.25) is 0 Å². The van der Waals surface area contributed by atoms with Crippen LogP contribution in [-0.2, 0) is 4.79 Å². The van der Waals surface area contributed by atoms with Crippen LogP contribution in [-0.4, -0.2) is 17.6 Å². The lowest BCUT2D eigenvalue weighted by Gasteiger charge is -2.07. The number of benzene rings is 1. The Morgan fingerprint density at radius 3 is 2.74 bits per heavy atom. The van der Waals surface area contributed by atoms with Gasteiger partial charge in [-0.3, -0.25) is 4.79 Å². The summed E-state index contributed by atoms with van der Waals surface area (Å²) in [5.74, 6) is -0.0623. The number of hydrogen-bond acceptors (Lipinski definition) is 4. The minimum Gasteiger partial charge on any atom is -0.506 e. The van der Waals surface area contributed by atoms with Crippen LogP contribution >= 0.6 is 0 Å². The van der Waals surface area contributed by atoms with Crippen LogP contribution in [0.3, 0.4) is 0 Å². The molecular weight excluding hydrogens is 242 g/mol. The average Bonchev–Trinajstić information content (AvgIpc) is 2.39. The minimum atomic E-state index is -0.431. The third-order valence-corrected chi connectivity index (χ3v) is 2.31. The number of para-hydroxylation sites is 2. The highest BCUT2D eigenvalue weighted by atomic mass is 16.3. The van der Waals surface area contributed by atoms with Crippen molar-refractivity contribution in [1.82, 2.24) is 5.32 Å². The molecule has 3 N–H and O–H groups in total. The molecule has 0 aliphatic carbocycles. The van der Waals surface area contributed by atoms with Crippen molar-refractivity contribution in [2.45, 2.75) is 13.8 Å². The first-order valence-corrected chi connectivity index (χ1v) is 5.97. The van der Waals surface area contributed by atoms with Crippen molar-refractivity contribution in [2.24, 2.45) is 5.92 Å². The van der Waals surface area contributed by atoms with Gasteiger partial charge in [0.1, 0.15) is 17.4 Å². The van der Waals surface area contributed by atoms with Gasteiger partial charge in [-0.2, -0.15) is 5.26 Å². The first kappa shape index (κ1) is 14.6. The summed E-state index contributed by atoms with van der Waals surface area (Å²) in [5.41, 5.74) is 0.399. The molecule has 5 nitrogen and oxygen atoms in total. The van der Waals surface area contributed by atoms with Crippen molar-refractivity contribution < 1.29 is 9.90 Å². The van der Waals surface area contributed by atoms with Gasteiger partial charge in [-0.05, 0) is 18.1 Å². The first-order valence-electron chi connectivity index (χ1n) is 5.97. The third kappa shape index (κ3) is 4.72. The molecule has 0 saturated heterocycles. The lowest BCUT2D eigenvalue weighted by Crippen LogP contribution is -2.28. The molecule has 100 valence electrons. The van der Waals surface area contributed by atoms with Crippen LogP contribution in [0.15, 0.2) is 36.0 Å². The number of anilines is 1. The largest absolute Gasteiger partial charge is 0.506 e. The predicted molar refractivity (Wildman–Crippen MR) is 73.3 cm³/mol. The Morgan fingerprint density at radius 2 is 2.16 bits per heavy atom. The highest BCUT2D eigenvalue weighted by molar-refractivity contribution is 5.97. The van der Waals surface area contributed by atoms with E-state index in [-0.39, 0.29) is 11.3 Å². The Kier molecular flexibility index (Phi) is 5.42. The van der Waals surface area contributed by atoms with Crippen molar-refractivity contribution in [3.63, 3.8) is 0 Å². The second kappa shape index (κ2) is 7.07. The van der Waals surface area contributed by atoms with E-state index in [0.717, 1.165) is 0 Å². The molecular formula is C14H17N3O2. The molecule has 5 heteroatoms. The highest BCUT2D eigenvalue weighted by Gasteiger charge is 2.09. The number of aromatic hydroxyl groups is 1. The highest BCUT2D eigenvalue weighted by Crippen LogP contribution is 2.21. The summed E-state index contributed by atoms with van der Waals surface area (Å²) in [7, 11) is 0. The van der Waals surface area contributed by atoms with Gasteiger partial charge in [-0.15, -0.1) is 0 Å². The van der Waals surface area contributed by atoms with Crippen LogP contribution < -0.4 is 10.6 Å². The Bertz CT molecular complexity index is 516. The van der Waals surface area contributed by atoms with E-state index < -0.39 is 5.91 Å². The molecule has 0 fully saturated rings. The van der Waals surface area contributed by atoms with Gasteiger partial charge in [0.05, 0.1) is 5.69 Å². The van der Waals surface area contributed by atoms with E-state index in [1.807, 2.05) is 19.9 Å². The number of hydrogen-bond donors (Lipinski definition) is 3. The maximum absolute atomic E-state index is 11.7. The molecule has 0 aliphatic rings. The first-order chi connectivity index (χ1) is 9.04. The lowest BCUT2D eigenvalue weighted by atomic mass is 10.2.